The number of carbonyl (C=O) groups is 1. The van der Waals surface area contributed by atoms with Gasteiger partial charge in [0.25, 0.3) is 0 Å². The number of rotatable bonds is 6. The minimum Gasteiger partial charge on any atom is -0.457 e. The first kappa shape index (κ1) is 18.8. The summed E-state index contributed by atoms with van der Waals surface area (Å²) in [6, 6.07) is 17.4. The fourth-order valence-corrected chi connectivity index (χ4v) is 4.65. The van der Waals surface area contributed by atoms with Crippen molar-refractivity contribution in [3.63, 3.8) is 0 Å². The maximum atomic E-state index is 12.2. The highest BCUT2D eigenvalue weighted by Gasteiger charge is 2.43. The first-order valence-electron chi connectivity index (χ1n) is 10.3. The zero-order chi connectivity index (χ0) is 19.3. The Bertz CT molecular complexity index is 778. The van der Waals surface area contributed by atoms with Gasteiger partial charge in [0, 0.05) is 24.4 Å². The topological polar surface area (TPSA) is 52.0 Å². The number of hydrogen-bond donors (Lipinski definition) is 2. The van der Waals surface area contributed by atoms with E-state index < -0.39 is 0 Å². The van der Waals surface area contributed by atoms with E-state index >= 15 is 0 Å². The average molecular weight is 381 g/mol. The van der Waals surface area contributed by atoms with Gasteiger partial charge in [-0.3, -0.25) is 5.32 Å². The third kappa shape index (κ3) is 4.47. The van der Waals surface area contributed by atoms with Gasteiger partial charge >= 0.3 is 6.09 Å². The second-order valence-electron chi connectivity index (χ2n) is 7.93. The van der Waals surface area contributed by atoms with Gasteiger partial charge in [-0.15, -0.1) is 0 Å². The molecule has 3 heterocycles. The van der Waals surface area contributed by atoms with Crippen LogP contribution in [0.15, 0.2) is 54.6 Å². The third-order valence-corrected chi connectivity index (χ3v) is 6.21. The number of ether oxygens (including phenoxy) is 2. The standard InChI is InChI=1S/C23H28N2O3/c1-2-17-15-25-13-12-18(17)14-20(25)16-27-23(26)24-19-8-10-22(11-9-19)28-21-6-4-3-5-7-21/h3-11,17-18,20H,2,12-16H2,1H3,(H,24,26)/p+1/t17-,18-,20+/m0/s1. The molecule has 28 heavy (non-hydrogen) atoms. The van der Waals surface area contributed by atoms with Crippen LogP contribution in [0.1, 0.15) is 26.2 Å². The summed E-state index contributed by atoms with van der Waals surface area (Å²) >= 11 is 0. The predicted molar refractivity (Wildman–Crippen MR) is 109 cm³/mol. The van der Waals surface area contributed by atoms with Crippen LogP contribution in [-0.4, -0.2) is 31.8 Å². The van der Waals surface area contributed by atoms with E-state index in [2.05, 4.69) is 12.2 Å². The van der Waals surface area contributed by atoms with Gasteiger partial charge < -0.3 is 14.4 Å². The maximum absolute atomic E-state index is 12.2. The summed E-state index contributed by atoms with van der Waals surface area (Å²) in [4.78, 5) is 13.8. The summed E-state index contributed by atoms with van der Waals surface area (Å²) in [7, 11) is 0. The Morgan fingerprint density at radius 2 is 1.86 bits per heavy atom. The average Bonchev–Trinajstić information content (AvgIpc) is 2.75. The van der Waals surface area contributed by atoms with Crippen molar-refractivity contribution in [2.45, 2.75) is 32.2 Å². The molecule has 5 heteroatoms. The summed E-state index contributed by atoms with van der Waals surface area (Å²) in [6.45, 7) is 5.25. The van der Waals surface area contributed by atoms with Crippen molar-refractivity contribution in [1.82, 2.24) is 0 Å². The Labute approximate surface area is 166 Å². The molecule has 0 aromatic heterocycles. The summed E-state index contributed by atoms with van der Waals surface area (Å²) in [5.74, 6) is 3.18. The molecule has 5 rings (SSSR count). The van der Waals surface area contributed by atoms with Gasteiger partial charge in [-0.05, 0) is 48.7 Å². The first-order chi connectivity index (χ1) is 13.7. The van der Waals surface area contributed by atoms with Gasteiger partial charge in [-0.1, -0.05) is 25.1 Å². The molecule has 4 atom stereocenters. The zero-order valence-corrected chi connectivity index (χ0v) is 16.4. The molecule has 0 saturated carbocycles. The van der Waals surface area contributed by atoms with Gasteiger partial charge in [-0.25, -0.2) is 4.79 Å². The summed E-state index contributed by atoms with van der Waals surface area (Å²) in [5.41, 5.74) is 0.703. The van der Waals surface area contributed by atoms with Crippen molar-refractivity contribution in [3.8, 4) is 11.5 Å². The van der Waals surface area contributed by atoms with Crippen LogP contribution in [0.5, 0.6) is 11.5 Å². The minimum atomic E-state index is -0.384. The number of para-hydroxylation sites is 1. The van der Waals surface area contributed by atoms with Crippen LogP contribution in [0.4, 0.5) is 10.5 Å². The lowest BCUT2D eigenvalue weighted by Crippen LogP contribution is -3.20. The van der Waals surface area contributed by atoms with E-state index in [-0.39, 0.29) is 6.09 Å². The highest BCUT2D eigenvalue weighted by atomic mass is 16.5. The molecule has 2 aromatic rings. The Kier molecular flexibility index (Phi) is 5.81. The largest absolute Gasteiger partial charge is 0.457 e. The van der Waals surface area contributed by atoms with Crippen LogP contribution in [0.2, 0.25) is 0 Å². The molecular weight excluding hydrogens is 352 g/mol. The zero-order valence-electron chi connectivity index (χ0n) is 16.4. The number of hydrogen-bond acceptors (Lipinski definition) is 3. The van der Waals surface area contributed by atoms with Gasteiger partial charge in [0.2, 0.25) is 0 Å². The van der Waals surface area contributed by atoms with Crippen LogP contribution >= 0.6 is 0 Å². The number of piperidine rings is 3. The highest BCUT2D eigenvalue weighted by molar-refractivity contribution is 5.84. The van der Waals surface area contributed by atoms with Crippen LogP contribution in [0.3, 0.4) is 0 Å². The molecule has 2 bridgehead atoms. The molecule has 148 valence electrons. The van der Waals surface area contributed by atoms with E-state index in [1.54, 1.807) is 4.90 Å². The summed E-state index contributed by atoms with van der Waals surface area (Å²) in [6.07, 6.45) is 3.40. The van der Waals surface area contributed by atoms with Crippen molar-refractivity contribution in [2.75, 3.05) is 25.0 Å². The molecule has 3 aliphatic heterocycles. The molecule has 0 aliphatic carbocycles. The Morgan fingerprint density at radius 3 is 2.54 bits per heavy atom. The molecule has 1 amide bonds. The molecule has 2 N–H and O–H groups in total. The first-order valence-corrected chi connectivity index (χ1v) is 10.3. The van der Waals surface area contributed by atoms with Gasteiger partial charge in [-0.2, -0.15) is 0 Å². The Balaban J connectivity index is 1.24. The second kappa shape index (κ2) is 8.65. The van der Waals surface area contributed by atoms with E-state index in [4.69, 9.17) is 9.47 Å². The Morgan fingerprint density at radius 1 is 1.11 bits per heavy atom. The lowest BCUT2D eigenvalue weighted by atomic mass is 9.75. The summed E-state index contributed by atoms with van der Waals surface area (Å²) in [5, 5.41) is 2.81. The van der Waals surface area contributed by atoms with Crippen molar-refractivity contribution >= 4 is 11.8 Å². The van der Waals surface area contributed by atoms with Crippen molar-refractivity contribution in [3.05, 3.63) is 54.6 Å². The quantitative estimate of drug-likeness (QED) is 0.802. The van der Waals surface area contributed by atoms with Crippen molar-refractivity contribution < 1.29 is 19.2 Å². The summed E-state index contributed by atoms with van der Waals surface area (Å²) < 4.78 is 11.3. The smallest absolute Gasteiger partial charge is 0.411 e. The van der Waals surface area contributed by atoms with Crippen LogP contribution < -0.4 is 15.0 Å². The number of anilines is 1. The predicted octanol–water partition coefficient (Wildman–Crippen LogP) is 3.73. The second-order valence-corrected chi connectivity index (χ2v) is 7.93. The molecule has 5 nitrogen and oxygen atoms in total. The fourth-order valence-electron chi connectivity index (χ4n) is 4.65. The van der Waals surface area contributed by atoms with Crippen LogP contribution in [0.25, 0.3) is 0 Å². The number of carbonyl (C=O) groups excluding carboxylic acids is 1. The number of benzene rings is 2. The van der Waals surface area contributed by atoms with E-state index in [0.717, 1.165) is 23.3 Å². The lowest BCUT2D eigenvalue weighted by Gasteiger charge is -2.46. The number of nitrogens with one attached hydrogen (secondary N) is 2. The molecule has 2 aromatic carbocycles. The van der Waals surface area contributed by atoms with Crippen molar-refractivity contribution in [2.24, 2.45) is 11.8 Å². The van der Waals surface area contributed by atoms with E-state index in [9.17, 15) is 4.79 Å². The van der Waals surface area contributed by atoms with E-state index in [1.807, 2.05) is 54.6 Å². The molecule has 3 fully saturated rings. The van der Waals surface area contributed by atoms with E-state index in [0.29, 0.717) is 18.3 Å². The van der Waals surface area contributed by atoms with Gasteiger partial charge in [0.1, 0.15) is 24.1 Å². The molecule has 3 saturated heterocycles. The molecule has 3 aliphatic rings. The normalized spacial score (nSPS) is 25.9. The Hall–Kier alpha value is -2.53. The lowest BCUT2D eigenvalue weighted by molar-refractivity contribution is -0.946. The maximum Gasteiger partial charge on any atom is 0.411 e. The third-order valence-electron chi connectivity index (χ3n) is 6.21. The van der Waals surface area contributed by atoms with Crippen molar-refractivity contribution in [1.29, 1.82) is 0 Å². The number of fused-ring (bicyclic) bond motifs is 3. The highest BCUT2D eigenvalue weighted by Crippen LogP contribution is 2.29. The van der Waals surface area contributed by atoms with Crippen LogP contribution in [-0.2, 0) is 4.74 Å². The van der Waals surface area contributed by atoms with E-state index in [1.165, 1.54) is 32.4 Å². The van der Waals surface area contributed by atoms with Crippen LogP contribution in [0, 0.1) is 11.8 Å². The monoisotopic (exact) mass is 381 g/mol. The SMILES string of the molecule is CC[C@H]1C[NH+]2CC[C@H]1C[C@@H]2COC(=O)Nc1ccc(Oc2ccccc2)cc1. The van der Waals surface area contributed by atoms with Gasteiger partial charge in [0.15, 0.2) is 0 Å². The van der Waals surface area contributed by atoms with Gasteiger partial charge in [0.05, 0.1) is 13.1 Å². The molecule has 1 unspecified atom stereocenters. The molecular formula is C23H29N2O3+. The number of amides is 1. The number of quaternary nitrogens is 1. The molecule has 0 spiro atoms. The minimum absolute atomic E-state index is 0.384. The fraction of sp³-hybridized carbons (Fsp3) is 0.435. The molecule has 0 radical (unpaired) electrons.